The molecule has 0 aromatic rings. The van der Waals surface area contributed by atoms with E-state index < -0.39 is 108 Å². The van der Waals surface area contributed by atoms with Gasteiger partial charge in [0.15, 0.2) is 69.4 Å². The lowest BCUT2D eigenvalue weighted by molar-refractivity contribution is -0.117. The van der Waals surface area contributed by atoms with Crippen molar-refractivity contribution in [2.45, 2.75) is 38.5 Å². The van der Waals surface area contributed by atoms with E-state index in [2.05, 4.69) is 0 Å². The van der Waals surface area contributed by atoms with E-state index in [1.54, 1.807) is 0 Å². The van der Waals surface area contributed by atoms with Crippen molar-refractivity contribution in [2.75, 3.05) is 0 Å². The van der Waals surface area contributed by atoms with Crippen molar-refractivity contribution in [3.8, 4) is 0 Å². The zero-order chi connectivity index (χ0) is 38.6. The number of ketones is 12. The highest BCUT2D eigenvalue weighted by atomic mass is 16.2. The Morgan fingerprint density at radius 3 is 0.370 bits per heavy atom. The molecule has 0 aliphatic heterocycles. The van der Waals surface area contributed by atoms with Gasteiger partial charge in [-0.25, -0.2) is 0 Å². The Bertz CT molecular complexity index is 1920. The molecule has 264 valence electrons. The fraction of sp³-hybridized carbons (Fsp3) is 0.143. The molecule has 0 saturated heterocycles. The zero-order valence-electron chi connectivity index (χ0n) is 28.1. The van der Waals surface area contributed by atoms with Gasteiger partial charge in [-0.3, -0.25) is 57.5 Å². The summed E-state index contributed by atoms with van der Waals surface area (Å²) in [5.41, 5.74) is -2.12. The predicted molar refractivity (Wildman–Crippen MR) is 185 cm³/mol. The van der Waals surface area contributed by atoms with Crippen LogP contribution in [0.4, 0.5) is 0 Å². The summed E-state index contributed by atoms with van der Waals surface area (Å²) in [5, 5.41) is 0. The topological polar surface area (TPSA) is 205 Å². The van der Waals surface area contributed by atoms with Gasteiger partial charge in [-0.1, -0.05) is 0 Å². The average Bonchev–Trinajstić information content (AvgIpc) is 3.09. The number of hydrogen-bond donors (Lipinski definition) is 0. The molecule has 0 aromatic carbocycles. The van der Waals surface area contributed by atoms with Gasteiger partial charge < -0.3 is 0 Å². The van der Waals surface area contributed by atoms with Crippen LogP contribution < -0.4 is 0 Å². The Balaban J connectivity index is 1.27. The van der Waals surface area contributed by atoms with Crippen LogP contribution in [0.1, 0.15) is 38.5 Å². The lowest BCUT2D eigenvalue weighted by atomic mass is 9.79. The number of allylic oxidation sites excluding steroid dienone is 24. The first-order valence-corrected chi connectivity index (χ1v) is 16.6. The Labute approximate surface area is 304 Å². The van der Waals surface area contributed by atoms with Gasteiger partial charge in [0.1, 0.15) is 0 Å². The first-order chi connectivity index (χ1) is 25.6. The number of Topliss-reactive ketones (excluding diaryl/α,β-unsaturated/α-hetero) is 6. The minimum atomic E-state index is -0.725. The quantitative estimate of drug-likeness (QED) is 0.331. The van der Waals surface area contributed by atoms with Gasteiger partial charge in [0.2, 0.25) is 0 Å². The van der Waals surface area contributed by atoms with Gasteiger partial charge in [-0.05, 0) is 72.9 Å². The minimum absolute atomic E-state index is 0.177. The van der Waals surface area contributed by atoms with Gasteiger partial charge in [0.05, 0.1) is 0 Å². The maximum absolute atomic E-state index is 13.6. The molecule has 0 unspecified atom stereocenters. The molecule has 0 spiro atoms. The number of hydrogen-bond acceptors (Lipinski definition) is 12. The molecule has 0 aromatic heterocycles. The molecule has 7 rings (SSSR count). The molecule has 12 bridgehead atoms. The van der Waals surface area contributed by atoms with Crippen LogP contribution in [-0.4, -0.2) is 69.4 Å². The van der Waals surface area contributed by atoms with Crippen LogP contribution in [0.15, 0.2) is 140 Å². The Kier molecular flexibility index (Phi) is 8.82. The largest absolute Gasteiger partial charge is 0.290 e. The van der Waals surface area contributed by atoms with Gasteiger partial charge in [-0.2, -0.15) is 0 Å². The maximum Gasteiger partial charge on any atom is 0.185 e. The van der Waals surface area contributed by atoms with Crippen molar-refractivity contribution < 1.29 is 57.5 Å². The second-order valence-corrected chi connectivity index (χ2v) is 13.5. The van der Waals surface area contributed by atoms with Crippen molar-refractivity contribution in [1.82, 2.24) is 0 Å². The summed E-state index contributed by atoms with van der Waals surface area (Å²) < 4.78 is 0. The highest BCUT2D eigenvalue weighted by Gasteiger charge is 2.35. The fourth-order valence-electron chi connectivity index (χ4n) is 7.14. The van der Waals surface area contributed by atoms with Gasteiger partial charge in [0.25, 0.3) is 0 Å². The molecule has 7 aliphatic carbocycles. The van der Waals surface area contributed by atoms with Crippen LogP contribution in [0.2, 0.25) is 0 Å². The molecule has 54 heavy (non-hydrogen) atoms. The van der Waals surface area contributed by atoms with Crippen LogP contribution in [0.3, 0.4) is 0 Å². The zero-order valence-corrected chi connectivity index (χ0v) is 28.1. The second kappa shape index (κ2) is 13.5. The van der Waals surface area contributed by atoms with E-state index >= 15 is 0 Å². The van der Waals surface area contributed by atoms with Crippen molar-refractivity contribution in [3.63, 3.8) is 0 Å². The first-order valence-electron chi connectivity index (χ1n) is 16.6. The molecule has 12 nitrogen and oxygen atoms in total. The summed E-state index contributed by atoms with van der Waals surface area (Å²) in [6, 6.07) is 0. The third-order valence-corrected chi connectivity index (χ3v) is 9.58. The molecule has 0 radical (unpaired) electrons. The Morgan fingerprint density at radius 2 is 0.278 bits per heavy atom. The number of fused-ring (bicyclic) bond motifs is 12. The third-order valence-electron chi connectivity index (χ3n) is 9.58. The van der Waals surface area contributed by atoms with E-state index in [1.165, 1.54) is 0 Å². The molecule has 0 N–H and O–H groups in total. The van der Waals surface area contributed by atoms with Gasteiger partial charge in [0, 0.05) is 105 Å². The smallest absolute Gasteiger partial charge is 0.185 e. The van der Waals surface area contributed by atoms with E-state index in [0.29, 0.717) is 0 Å². The van der Waals surface area contributed by atoms with E-state index in [-0.39, 0.29) is 66.9 Å². The van der Waals surface area contributed by atoms with Crippen molar-refractivity contribution in [3.05, 3.63) is 140 Å². The molecule has 7 aliphatic rings. The van der Waals surface area contributed by atoms with Crippen LogP contribution in [0.5, 0.6) is 0 Å². The lowest BCUT2D eigenvalue weighted by Crippen LogP contribution is -2.24. The summed E-state index contributed by atoms with van der Waals surface area (Å²) in [4.78, 5) is 158. The second-order valence-electron chi connectivity index (χ2n) is 13.5. The summed E-state index contributed by atoms with van der Waals surface area (Å²) in [7, 11) is 0. The van der Waals surface area contributed by atoms with Crippen molar-refractivity contribution in [2.24, 2.45) is 0 Å². The van der Waals surface area contributed by atoms with Gasteiger partial charge >= 0.3 is 0 Å². The minimum Gasteiger partial charge on any atom is -0.290 e. The summed E-state index contributed by atoms with van der Waals surface area (Å²) in [6.07, 6.45) is 8.98. The predicted octanol–water partition coefficient (Wildman–Crippen LogP) is 2.37. The summed E-state index contributed by atoms with van der Waals surface area (Å²) in [6.45, 7) is 0. The Hall–Kier alpha value is -7.08. The molecule has 0 amide bonds. The highest BCUT2D eigenvalue weighted by Crippen LogP contribution is 2.34. The maximum atomic E-state index is 13.6. The molecular weight excluding hydrogens is 696 g/mol. The average molecular weight is 721 g/mol. The van der Waals surface area contributed by atoms with E-state index in [1.807, 2.05) is 0 Å². The van der Waals surface area contributed by atoms with E-state index in [9.17, 15) is 57.5 Å². The standard InChI is InChI=1S/C42H24O12/c43-31-7-19-1-20-8-32(44)10-22(38(20)50)3-24-12-34(46)14-26(40(24)52)5-28-16-36(48)18-30(42(28)54)6-29-17-35(47)15-27(41(29)53)4-25-13-33(45)11-23(39(25)51)2-21(9-31)37(19)49/h7-18H,1-6H2. The molecule has 12 heteroatoms. The van der Waals surface area contributed by atoms with E-state index in [0.717, 1.165) is 72.9 Å². The summed E-state index contributed by atoms with van der Waals surface area (Å²) in [5.74, 6) is -8.27. The molecule has 0 heterocycles. The summed E-state index contributed by atoms with van der Waals surface area (Å²) >= 11 is 0. The van der Waals surface area contributed by atoms with E-state index in [4.69, 9.17) is 0 Å². The first kappa shape index (κ1) is 35.3. The van der Waals surface area contributed by atoms with Crippen LogP contribution >= 0.6 is 0 Å². The lowest BCUT2D eigenvalue weighted by Gasteiger charge is -2.22. The highest BCUT2D eigenvalue weighted by molar-refractivity contribution is 6.29. The van der Waals surface area contributed by atoms with Crippen LogP contribution in [0, 0.1) is 0 Å². The van der Waals surface area contributed by atoms with Crippen molar-refractivity contribution >= 4 is 69.4 Å². The molecule has 1 fully saturated rings. The number of carbonyl (C=O) groups excluding carboxylic acids is 12. The van der Waals surface area contributed by atoms with Gasteiger partial charge in [-0.15, -0.1) is 0 Å². The van der Waals surface area contributed by atoms with Crippen LogP contribution in [0.25, 0.3) is 0 Å². The number of carbonyl (C=O) groups is 12. The third kappa shape index (κ3) is 6.80. The number of rotatable bonds is 0. The SMILES string of the molecule is O=C1C=C2CC3=CC(=O)C=C(CC4=CC(=O)C=C(CC5=CC(=O)C=C(CC6=CC(=O)C=C(CC7=CC(=O)C=C(CC(=C1)C2=O)C7=O)C6=O)C5=O)C4=O)C3=O. The molecular formula is C42H24O12. The molecule has 1 saturated carbocycles. The van der Waals surface area contributed by atoms with Crippen LogP contribution in [-0.2, 0) is 57.5 Å². The van der Waals surface area contributed by atoms with Crippen molar-refractivity contribution in [1.29, 1.82) is 0 Å². The fourth-order valence-corrected chi connectivity index (χ4v) is 7.14. The Morgan fingerprint density at radius 1 is 0.185 bits per heavy atom. The normalized spacial score (nSPS) is 22.7. The monoisotopic (exact) mass is 720 g/mol. The molecule has 0 atom stereocenters.